The van der Waals surface area contributed by atoms with Gasteiger partial charge in [0, 0.05) is 37.0 Å². The second-order valence-electron chi connectivity index (χ2n) is 9.11. The predicted molar refractivity (Wildman–Crippen MR) is 138 cm³/mol. The molecule has 3 heterocycles. The maximum absolute atomic E-state index is 13.6. The Morgan fingerprint density at radius 3 is 2.43 bits per heavy atom. The second-order valence-corrected chi connectivity index (χ2v) is 9.11. The highest BCUT2D eigenvalue weighted by Crippen LogP contribution is 2.36. The Morgan fingerprint density at radius 1 is 0.971 bits per heavy atom. The third-order valence-electron chi connectivity index (χ3n) is 6.85. The molecule has 4 aromatic rings. The van der Waals surface area contributed by atoms with E-state index in [4.69, 9.17) is 14.5 Å². The maximum atomic E-state index is 13.6. The molecule has 1 aliphatic rings. The summed E-state index contributed by atoms with van der Waals surface area (Å²) < 4.78 is 12.9. The van der Waals surface area contributed by atoms with E-state index in [1.54, 1.807) is 20.5 Å². The lowest BCUT2D eigenvalue weighted by Crippen LogP contribution is -2.39. The van der Waals surface area contributed by atoms with E-state index in [0.29, 0.717) is 16.9 Å². The second kappa shape index (κ2) is 9.52. The molecule has 1 saturated heterocycles. The van der Waals surface area contributed by atoms with Crippen molar-refractivity contribution in [1.29, 1.82) is 0 Å². The van der Waals surface area contributed by atoms with Crippen LogP contribution in [0, 0.1) is 6.92 Å². The molecule has 0 atom stereocenters. The maximum Gasteiger partial charge on any atom is 0.261 e. The third kappa shape index (κ3) is 4.17. The van der Waals surface area contributed by atoms with Crippen molar-refractivity contribution in [3.8, 4) is 11.5 Å². The first kappa shape index (κ1) is 23.1. The molecule has 8 heteroatoms. The van der Waals surface area contributed by atoms with Gasteiger partial charge in [-0.25, -0.2) is 15.0 Å². The number of methoxy groups -OCH3 is 2. The van der Waals surface area contributed by atoms with Crippen LogP contribution in [0.4, 0.5) is 5.82 Å². The van der Waals surface area contributed by atoms with Gasteiger partial charge >= 0.3 is 0 Å². The molecule has 2 aromatic heterocycles. The Hall–Kier alpha value is -3.68. The first-order valence-electron chi connectivity index (χ1n) is 12.2. The summed E-state index contributed by atoms with van der Waals surface area (Å²) in [6.45, 7) is 5.71. The van der Waals surface area contributed by atoms with Crippen molar-refractivity contribution < 1.29 is 9.47 Å². The first-order valence-corrected chi connectivity index (χ1v) is 12.2. The van der Waals surface area contributed by atoms with Gasteiger partial charge < -0.3 is 14.4 Å². The van der Waals surface area contributed by atoms with Gasteiger partial charge in [-0.1, -0.05) is 18.6 Å². The van der Waals surface area contributed by atoms with Crippen molar-refractivity contribution >= 4 is 27.6 Å². The van der Waals surface area contributed by atoms with E-state index >= 15 is 0 Å². The third-order valence-corrected chi connectivity index (χ3v) is 6.85. The number of nitrogens with zero attached hydrogens (tertiary/aromatic N) is 5. The molecule has 0 aliphatic carbocycles. The molecule has 5 rings (SSSR count). The van der Waals surface area contributed by atoms with E-state index in [9.17, 15) is 4.79 Å². The molecule has 0 N–H and O–H groups in total. The van der Waals surface area contributed by atoms with Crippen molar-refractivity contribution in [2.75, 3.05) is 32.2 Å². The number of anilines is 1. The van der Waals surface area contributed by atoms with Crippen molar-refractivity contribution in [2.24, 2.45) is 0 Å². The molecule has 0 radical (unpaired) electrons. The lowest BCUT2D eigenvalue weighted by Gasteiger charge is -2.35. The highest BCUT2D eigenvalue weighted by Gasteiger charge is 2.26. The number of ether oxygens (including phenoxy) is 2. The van der Waals surface area contributed by atoms with Crippen LogP contribution in [0.3, 0.4) is 0 Å². The lowest BCUT2D eigenvalue weighted by atomic mass is 10.0. The average molecular weight is 474 g/mol. The molecule has 0 unspecified atom stereocenters. The minimum atomic E-state index is 0.0740. The van der Waals surface area contributed by atoms with Crippen LogP contribution in [-0.4, -0.2) is 46.8 Å². The summed E-state index contributed by atoms with van der Waals surface area (Å²) in [5.74, 6) is 3.06. The fourth-order valence-electron chi connectivity index (χ4n) is 5.09. The number of aromatic nitrogens is 4. The van der Waals surface area contributed by atoms with E-state index in [0.717, 1.165) is 72.4 Å². The zero-order valence-electron chi connectivity index (χ0n) is 20.7. The Labute approximate surface area is 204 Å². The molecular formula is C27H31N5O3. The number of hydrogen-bond acceptors (Lipinski definition) is 7. The molecule has 182 valence electrons. The number of rotatable bonds is 6. The summed E-state index contributed by atoms with van der Waals surface area (Å²) in [6.07, 6.45) is 5.01. The van der Waals surface area contributed by atoms with Crippen LogP contribution in [0.15, 0.2) is 41.5 Å². The van der Waals surface area contributed by atoms with Crippen LogP contribution in [0.1, 0.15) is 43.6 Å². The summed E-state index contributed by atoms with van der Waals surface area (Å²) in [7, 11) is 3.25. The molecular weight excluding hydrogens is 442 g/mol. The van der Waals surface area contributed by atoms with E-state index in [-0.39, 0.29) is 11.6 Å². The lowest BCUT2D eigenvalue weighted by molar-refractivity contribution is 0.355. The number of piperidine rings is 1. The highest BCUT2D eigenvalue weighted by molar-refractivity contribution is 5.92. The fourth-order valence-corrected chi connectivity index (χ4v) is 5.09. The van der Waals surface area contributed by atoms with Crippen molar-refractivity contribution in [1.82, 2.24) is 19.5 Å². The molecule has 1 aliphatic heterocycles. The topological polar surface area (TPSA) is 82.4 Å². The van der Waals surface area contributed by atoms with Gasteiger partial charge in [0.1, 0.15) is 18.0 Å². The van der Waals surface area contributed by atoms with Gasteiger partial charge in [-0.05, 0) is 44.4 Å². The summed E-state index contributed by atoms with van der Waals surface area (Å²) in [5, 5.41) is 1.63. The molecule has 0 spiro atoms. The molecule has 0 saturated carbocycles. The number of aryl methyl sites for hydroxylation is 2. The number of fused-ring (bicyclic) bond motifs is 2. The Balaban J connectivity index is 1.47. The molecule has 8 nitrogen and oxygen atoms in total. The van der Waals surface area contributed by atoms with E-state index in [1.807, 2.05) is 41.8 Å². The summed E-state index contributed by atoms with van der Waals surface area (Å²) in [6, 6.07) is 9.87. The van der Waals surface area contributed by atoms with Gasteiger partial charge in [0.15, 0.2) is 11.5 Å². The number of hydrogen-bond donors (Lipinski definition) is 0. The van der Waals surface area contributed by atoms with Gasteiger partial charge in [-0.2, -0.15) is 0 Å². The minimum Gasteiger partial charge on any atom is -0.493 e. The van der Waals surface area contributed by atoms with Crippen LogP contribution in [0.5, 0.6) is 11.5 Å². The van der Waals surface area contributed by atoms with Crippen LogP contribution in [0.2, 0.25) is 0 Å². The van der Waals surface area contributed by atoms with Crippen molar-refractivity contribution in [3.05, 3.63) is 58.4 Å². The van der Waals surface area contributed by atoms with E-state index < -0.39 is 0 Å². The van der Waals surface area contributed by atoms with Crippen LogP contribution in [-0.2, 0) is 6.42 Å². The normalized spacial score (nSPS) is 14.6. The molecule has 0 bridgehead atoms. The molecule has 2 aromatic carbocycles. The van der Waals surface area contributed by atoms with Crippen molar-refractivity contribution in [2.45, 2.75) is 45.6 Å². The predicted octanol–water partition coefficient (Wildman–Crippen LogP) is 4.46. The van der Waals surface area contributed by atoms with Crippen LogP contribution >= 0.6 is 0 Å². The monoisotopic (exact) mass is 473 g/mol. The fraction of sp³-hybridized carbons (Fsp3) is 0.407. The molecule has 0 amide bonds. The van der Waals surface area contributed by atoms with Crippen LogP contribution < -0.4 is 19.9 Å². The smallest absolute Gasteiger partial charge is 0.261 e. The zero-order valence-corrected chi connectivity index (χ0v) is 20.7. The zero-order chi connectivity index (χ0) is 24.5. The summed E-state index contributed by atoms with van der Waals surface area (Å²) in [5.41, 5.74) is 2.74. The van der Waals surface area contributed by atoms with Gasteiger partial charge in [0.25, 0.3) is 5.56 Å². The van der Waals surface area contributed by atoms with Gasteiger partial charge in [-0.3, -0.25) is 9.36 Å². The summed E-state index contributed by atoms with van der Waals surface area (Å²) in [4.78, 5) is 29.8. The van der Waals surface area contributed by atoms with Crippen LogP contribution in [0.25, 0.3) is 21.8 Å². The van der Waals surface area contributed by atoms with Gasteiger partial charge in [0.2, 0.25) is 0 Å². The summed E-state index contributed by atoms with van der Waals surface area (Å²) >= 11 is 0. The van der Waals surface area contributed by atoms with Gasteiger partial charge in [-0.15, -0.1) is 0 Å². The highest BCUT2D eigenvalue weighted by atomic mass is 16.5. The standard InChI is InChI=1S/C27H31N5O3/c1-5-6-25-30-21-8-7-17(2)13-20(21)27(33)32(25)18-9-11-31(12-10-18)26-19-14-23(34-3)24(35-4)15-22(19)28-16-29-26/h7-8,13-16,18H,5-6,9-12H2,1-4H3. The van der Waals surface area contributed by atoms with E-state index in [2.05, 4.69) is 21.8 Å². The minimum absolute atomic E-state index is 0.0740. The van der Waals surface area contributed by atoms with Gasteiger partial charge in [0.05, 0.1) is 30.6 Å². The Morgan fingerprint density at radius 2 is 1.71 bits per heavy atom. The molecule has 35 heavy (non-hydrogen) atoms. The Kier molecular flexibility index (Phi) is 6.28. The number of benzene rings is 2. The Bertz CT molecular complexity index is 1440. The quantitative estimate of drug-likeness (QED) is 0.409. The van der Waals surface area contributed by atoms with E-state index in [1.165, 1.54) is 0 Å². The largest absolute Gasteiger partial charge is 0.493 e. The average Bonchev–Trinajstić information content (AvgIpc) is 2.88. The molecule has 1 fully saturated rings. The first-order chi connectivity index (χ1) is 17.0. The van der Waals surface area contributed by atoms with Crippen molar-refractivity contribution in [3.63, 3.8) is 0 Å². The SMILES string of the molecule is CCCc1nc2ccc(C)cc2c(=O)n1C1CCN(c2ncnc3cc(OC)c(OC)cc23)CC1.